The summed E-state index contributed by atoms with van der Waals surface area (Å²) in [5.41, 5.74) is 2.70. The molecule has 5 aromatic rings. The Morgan fingerprint density at radius 1 is 0.517 bits per heavy atom. The zero-order valence-corrected chi connectivity index (χ0v) is 34.9. The van der Waals surface area contributed by atoms with Crippen LogP contribution in [0.15, 0.2) is 61.2 Å². The number of aromatic nitrogens is 5. The minimum Gasteiger partial charge on any atom is -0.356 e. The first-order valence-corrected chi connectivity index (χ1v) is 18.9. The Kier molecular flexibility index (Phi) is 13.8. The van der Waals surface area contributed by atoms with E-state index in [2.05, 4.69) is 37.2 Å². The smallest absolute Gasteiger partial charge is 0.272 e. The van der Waals surface area contributed by atoms with E-state index in [0.717, 1.165) is 13.0 Å². The minimum atomic E-state index is -0.498. The fourth-order valence-corrected chi connectivity index (χ4v) is 6.35. The topological polar surface area (TPSA) is 232 Å². The fraction of sp³-hybridized carbons (Fsp3) is 0.325. The summed E-state index contributed by atoms with van der Waals surface area (Å²) in [6, 6.07) is 9.23. The number of carbonyl (C=O) groups is 7. The molecule has 0 aliphatic heterocycles. The van der Waals surface area contributed by atoms with E-state index >= 15 is 0 Å². The van der Waals surface area contributed by atoms with Crippen molar-refractivity contribution in [1.29, 1.82) is 0 Å². The average molecular weight is 826 g/mol. The lowest BCUT2D eigenvalue weighted by atomic mass is 10.3. The van der Waals surface area contributed by atoms with Crippen molar-refractivity contribution in [2.24, 2.45) is 35.2 Å². The molecular weight excluding hydrogens is 775 g/mol. The number of nitrogens with one attached hydrogen (secondary N) is 7. The second kappa shape index (κ2) is 18.9. The van der Waals surface area contributed by atoms with Gasteiger partial charge < -0.3 is 65.0 Å². The highest BCUT2D eigenvalue weighted by Crippen LogP contribution is 2.22. The van der Waals surface area contributed by atoms with Crippen LogP contribution in [0.25, 0.3) is 0 Å². The van der Waals surface area contributed by atoms with E-state index in [9.17, 15) is 33.6 Å². The van der Waals surface area contributed by atoms with Crippen LogP contribution in [0.3, 0.4) is 0 Å². The predicted octanol–water partition coefficient (Wildman–Crippen LogP) is 2.53. The quantitative estimate of drug-likeness (QED) is 0.0688. The Morgan fingerprint density at radius 2 is 0.917 bits per heavy atom. The number of rotatable bonds is 17. The molecule has 0 unspecified atom stereocenters. The molecule has 0 atom stereocenters. The van der Waals surface area contributed by atoms with Crippen LogP contribution in [-0.2, 0) is 44.8 Å². The first-order chi connectivity index (χ1) is 28.4. The number of anilines is 5. The summed E-state index contributed by atoms with van der Waals surface area (Å²) in [5.74, 6) is -2.27. The molecule has 20 heteroatoms. The second-order valence-corrected chi connectivity index (χ2v) is 14.6. The molecule has 318 valence electrons. The van der Waals surface area contributed by atoms with Crippen LogP contribution >= 0.6 is 0 Å². The fourth-order valence-electron chi connectivity index (χ4n) is 6.35. The van der Waals surface area contributed by atoms with Crippen LogP contribution in [0.2, 0.25) is 0 Å². The van der Waals surface area contributed by atoms with Gasteiger partial charge in [0.05, 0.1) is 22.7 Å². The summed E-state index contributed by atoms with van der Waals surface area (Å²) in [6.07, 6.45) is 7.28. The normalized spacial score (nSPS) is 10.9. The molecule has 0 radical (unpaired) electrons. The van der Waals surface area contributed by atoms with Gasteiger partial charge in [-0.25, -0.2) is 0 Å². The van der Waals surface area contributed by atoms with E-state index in [4.69, 9.17) is 0 Å². The van der Waals surface area contributed by atoms with E-state index < -0.39 is 29.5 Å². The Morgan fingerprint density at radius 3 is 1.32 bits per heavy atom. The number of nitrogens with zero attached hydrogens (tertiary/aromatic N) is 6. The van der Waals surface area contributed by atoms with Gasteiger partial charge in [-0.05, 0) is 63.5 Å². The van der Waals surface area contributed by atoms with Crippen LogP contribution in [0.1, 0.15) is 72.2 Å². The Labute approximate surface area is 346 Å². The third-order valence-electron chi connectivity index (χ3n) is 9.38. The van der Waals surface area contributed by atoms with Gasteiger partial charge >= 0.3 is 0 Å². The molecule has 5 aromatic heterocycles. The van der Waals surface area contributed by atoms with Crippen molar-refractivity contribution in [1.82, 2.24) is 38.4 Å². The summed E-state index contributed by atoms with van der Waals surface area (Å²) in [4.78, 5) is 91.2. The molecule has 0 aromatic carbocycles. The molecular formula is C40H51N13O7. The van der Waals surface area contributed by atoms with Gasteiger partial charge in [0.25, 0.3) is 29.5 Å². The van der Waals surface area contributed by atoms with Gasteiger partial charge in [-0.3, -0.25) is 33.6 Å². The highest BCUT2D eigenvalue weighted by Gasteiger charge is 2.21. The molecule has 0 spiro atoms. The van der Waals surface area contributed by atoms with E-state index in [0.29, 0.717) is 40.8 Å². The van der Waals surface area contributed by atoms with Gasteiger partial charge in [-0.15, -0.1) is 0 Å². The summed E-state index contributed by atoms with van der Waals surface area (Å²) in [5, 5.41) is 19.3. The molecule has 0 aliphatic rings. The standard InChI is InChI=1S/C40H51N13O7/c1-24(54)43-34-11-10-29(53(34)8)37(57)44-26-17-31(50(5)21-26)39(59)46-28-19-33(52(7)23-28)40(60)47-27-18-32(51(6)22-27)38(58)45-25-16-30(49(4)20-25)36(56)42-14-12-35(55)41-13-9-15-48(2)3/h10-11,16-23H,9,12-15H2,1-8H3,(H,41,55)(H,42,56)(H,43,54)(H,44,57)(H,45,58)(H,46,59)(H,47,60). The number of hydrogen-bond donors (Lipinski definition) is 7. The van der Waals surface area contributed by atoms with Crippen LogP contribution < -0.4 is 37.2 Å². The largest absolute Gasteiger partial charge is 0.356 e. The van der Waals surface area contributed by atoms with Crippen molar-refractivity contribution in [3.8, 4) is 0 Å². The molecule has 0 saturated heterocycles. The molecule has 7 N–H and O–H groups in total. The lowest BCUT2D eigenvalue weighted by Crippen LogP contribution is -2.32. The van der Waals surface area contributed by atoms with Gasteiger partial charge in [0.15, 0.2) is 0 Å². The van der Waals surface area contributed by atoms with Gasteiger partial charge in [-0.2, -0.15) is 0 Å². The molecule has 0 bridgehead atoms. The maximum absolute atomic E-state index is 13.4. The Hall–Kier alpha value is -7.35. The maximum Gasteiger partial charge on any atom is 0.272 e. The molecule has 7 amide bonds. The summed E-state index contributed by atoms with van der Waals surface area (Å²) < 4.78 is 7.74. The lowest BCUT2D eigenvalue weighted by Gasteiger charge is -2.10. The van der Waals surface area contributed by atoms with E-state index in [1.807, 2.05) is 19.0 Å². The Bertz CT molecular complexity index is 2440. The zero-order valence-electron chi connectivity index (χ0n) is 34.9. The van der Waals surface area contributed by atoms with E-state index in [1.54, 1.807) is 90.4 Å². The molecule has 0 saturated carbocycles. The SMILES string of the molecule is CC(=O)Nc1ccc(C(=O)Nc2cc(C(=O)Nc3cc(C(=O)Nc4cc(C(=O)Nc5cc(C(=O)NCCC(=O)NCCCN(C)C)n(C)c5)n(C)c4)n(C)c3)n(C)c2)n1C. The number of carbonyl (C=O) groups excluding carboxylic acids is 7. The zero-order chi connectivity index (χ0) is 43.8. The summed E-state index contributed by atoms with van der Waals surface area (Å²) in [7, 11) is 12.2. The van der Waals surface area contributed by atoms with Crippen LogP contribution in [0.4, 0.5) is 28.6 Å². The molecule has 60 heavy (non-hydrogen) atoms. The number of hydrogen-bond acceptors (Lipinski definition) is 8. The predicted molar refractivity (Wildman–Crippen MR) is 226 cm³/mol. The average Bonchev–Trinajstić information content (AvgIpc) is 3.99. The van der Waals surface area contributed by atoms with Crippen molar-refractivity contribution >= 4 is 69.9 Å². The van der Waals surface area contributed by atoms with Crippen molar-refractivity contribution < 1.29 is 33.6 Å². The highest BCUT2D eigenvalue weighted by molar-refractivity contribution is 6.09. The third kappa shape index (κ3) is 11.0. The molecule has 0 aliphatic carbocycles. The van der Waals surface area contributed by atoms with Crippen LogP contribution in [-0.4, -0.2) is 103 Å². The minimum absolute atomic E-state index is 0.135. The van der Waals surface area contributed by atoms with Crippen molar-refractivity contribution in [3.05, 3.63) is 89.7 Å². The Balaban J connectivity index is 1.13. The van der Waals surface area contributed by atoms with Crippen molar-refractivity contribution in [3.63, 3.8) is 0 Å². The highest BCUT2D eigenvalue weighted by atomic mass is 16.2. The molecule has 5 rings (SSSR count). The molecule has 5 heterocycles. The maximum atomic E-state index is 13.4. The van der Waals surface area contributed by atoms with Gasteiger partial charge in [0, 0.05) is 86.5 Å². The number of amides is 7. The van der Waals surface area contributed by atoms with Crippen LogP contribution in [0, 0.1) is 0 Å². The first-order valence-electron chi connectivity index (χ1n) is 18.9. The monoisotopic (exact) mass is 825 g/mol. The first kappa shape index (κ1) is 43.8. The van der Waals surface area contributed by atoms with Crippen molar-refractivity contribution in [2.75, 3.05) is 60.3 Å². The summed E-state index contributed by atoms with van der Waals surface area (Å²) in [6.45, 7) is 2.94. The molecule has 0 fully saturated rings. The second-order valence-electron chi connectivity index (χ2n) is 14.6. The summed E-state index contributed by atoms with van der Waals surface area (Å²) >= 11 is 0. The molecule has 20 nitrogen and oxygen atoms in total. The van der Waals surface area contributed by atoms with Gasteiger partial charge in [0.2, 0.25) is 11.8 Å². The number of aryl methyl sites for hydroxylation is 4. The van der Waals surface area contributed by atoms with Crippen LogP contribution in [0.5, 0.6) is 0 Å². The van der Waals surface area contributed by atoms with Crippen molar-refractivity contribution in [2.45, 2.75) is 19.8 Å². The van der Waals surface area contributed by atoms with Gasteiger partial charge in [0.1, 0.15) is 34.3 Å². The third-order valence-corrected chi connectivity index (χ3v) is 9.38. The van der Waals surface area contributed by atoms with Gasteiger partial charge in [-0.1, -0.05) is 0 Å². The van der Waals surface area contributed by atoms with E-state index in [1.165, 1.54) is 35.8 Å². The lowest BCUT2D eigenvalue weighted by molar-refractivity contribution is -0.121. The van der Waals surface area contributed by atoms with E-state index in [-0.39, 0.29) is 47.6 Å².